The summed E-state index contributed by atoms with van der Waals surface area (Å²) in [4.78, 5) is 0. The van der Waals surface area contributed by atoms with Gasteiger partial charge in [-0.1, -0.05) is 46.5 Å². The predicted molar refractivity (Wildman–Crippen MR) is 74.3 cm³/mol. The Morgan fingerprint density at radius 3 is 2.47 bits per heavy atom. The van der Waals surface area contributed by atoms with Crippen molar-refractivity contribution in [3.8, 4) is 0 Å². The summed E-state index contributed by atoms with van der Waals surface area (Å²) in [6.45, 7) is 9.67. The fourth-order valence-electron chi connectivity index (χ4n) is 2.69. The zero-order valence-electron chi connectivity index (χ0n) is 12.0. The molecule has 0 aliphatic heterocycles. The number of hydrogen-bond acceptors (Lipinski definition) is 2. The van der Waals surface area contributed by atoms with Crippen LogP contribution in [0.2, 0.25) is 0 Å². The van der Waals surface area contributed by atoms with Crippen LogP contribution in [0.1, 0.15) is 59.3 Å². The van der Waals surface area contributed by atoms with E-state index in [1.165, 1.54) is 38.5 Å². The molecule has 2 nitrogen and oxygen atoms in total. The standard InChI is InChI=1S/C15H31NO/c1-4-13(3)15(16-5-2)12-17-11-14-9-7-6-8-10-14/h13-16H,4-12H2,1-3H3. The molecule has 0 aromatic carbocycles. The van der Waals surface area contributed by atoms with Crippen LogP contribution in [0.4, 0.5) is 0 Å². The van der Waals surface area contributed by atoms with Crippen LogP contribution in [0.15, 0.2) is 0 Å². The average Bonchev–Trinajstić information content (AvgIpc) is 2.38. The fourth-order valence-corrected chi connectivity index (χ4v) is 2.69. The van der Waals surface area contributed by atoms with Crippen molar-refractivity contribution in [3.63, 3.8) is 0 Å². The van der Waals surface area contributed by atoms with Crippen molar-refractivity contribution < 1.29 is 4.74 Å². The molecule has 1 rings (SSSR count). The number of hydrogen-bond donors (Lipinski definition) is 1. The Kier molecular flexibility index (Phi) is 7.87. The van der Waals surface area contributed by atoms with Gasteiger partial charge in [0.1, 0.15) is 0 Å². The zero-order valence-corrected chi connectivity index (χ0v) is 12.0. The Morgan fingerprint density at radius 2 is 1.88 bits per heavy atom. The van der Waals surface area contributed by atoms with Gasteiger partial charge in [-0.3, -0.25) is 0 Å². The molecule has 0 radical (unpaired) electrons. The minimum Gasteiger partial charge on any atom is -0.380 e. The fraction of sp³-hybridized carbons (Fsp3) is 1.00. The highest BCUT2D eigenvalue weighted by molar-refractivity contribution is 4.72. The second kappa shape index (κ2) is 8.93. The van der Waals surface area contributed by atoms with E-state index in [9.17, 15) is 0 Å². The molecule has 0 aromatic heterocycles. The summed E-state index contributed by atoms with van der Waals surface area (Å²) in [5.74, 6) is 1.55. The molecule has 1 aliphatic carbocycles. The number of likely N-dealkylation sites (N-methyl/N-ethyl adjacent to an activating group) is 1. The van der Waals surface area contributed by atoms with Crippen molar-refractivity contribution in [2.24, 2.45) is 11.8 Å². The maximum atomic E-state index is 5.95. The number of ether oxygens (including phenoxy) is 1. The van der Waals surface area contributed by atoms with Crippen LogP contribution < -0.4 is 5.32 Å². The SMILES string of the molecule is CCNC(COCC1CCCCC1)C(C)CC. The van der Waals surface area contributed by atoms with Crippen molar-refractivity contribution >= 4 is 0 Å². The van der Waals surface area contributed by atoms with Gasteiger partial charge in [-0.2, -0.15) is 0 Å². The largest absolute Gasteiger partial charge is 0.380 e. The quantitative estimate of drug-likeness (QED) is 0.701. The van der Waals surface area contributed by atoms with Crippen LogP contribution in [0, 0.1) is 11.8 Å². The maximum Gasteiger partial charge on any atom is 0.0622 e. The first-order valence-electron chi connectivity index (χ1n) is 7.59. The summed E-state index contributed by atoms with van der Waals surface area (Å²) in [5.41, 5.74) is 0. The highest BCUT2D eigenvalue weighted by atomic mass is 16.5. The van der Waals surface area contributed by atoms with Crippen molar-refractivity contribution in [3.05, 3.63) is 0 Å². The van der Waals surface area contributed by atoms with E-state index >= 15 is 0 Å². The van der Waals surface area contributed by atoms with Gasteiger partial charge in [0.05, 0.1) is 6.61 Å². The van der Waals surface area contributed by atoms with Crippen LogP contribution in [-0.4, -0.2) is 25.8 Å². The van der Waals surface area contributed by atoms with E-state index in [0.717, 1.165) is 25.7 Å². The molecule has 2 heteroatoms. The summed E-state index contributed by atoms with van der Waals surface area (Å²) in [7, 11) is 0. The molecule has 17 heavy (non-hydrogen) atoms. The first-order chi connectivity index (χ1) is 8.27. The summed E-state index contributed by atoms with van der Waals surface area (Å²) >= 11 is 0. The van der Waals surface area contributed by atoms with Gasteiger partial charge in [-0.25, -0.2) is 0 Å². The molecule has 2 unspecified atom stereocenters. The Labute approximate surface area is 108 Å². The van der Waals surface area contributed by atoms with E-state index in [1.807, 2.05) is 0 Å². The smallest absolute Gasteiger partial charge is 0.0622 e. The third-order valence-corrected chi connectivity index (χ3v) is 4.17. The molecule has 1 N–H and O–H groups in total. The monoisotopic (exact) mass is 241 g/mol. The van der Waals surface area contributed by atoms with Crippen LogP contribution in [0.25, 0.3) is 0 Å². The molecule has 0 amide bonds. The molecule has 2 atom stereocenters. The Bertz CT molecular complexity index is 178. The van der Waals surface area contributed by atoms with E-state index < -0.39 is 0 Å². The molecule has 1 aliphatic rings. The summed E-state index contributed by atoms with van der Waals surface area (Å²) in [6, 6.07) is 0.536. The molecule has 102 valence electrons. The van der Waals surface area contributed by atoms with E-state index in [0.29, 0.717) is 12.0 Å². The average molecular weight is 241 g/mol. The van der Waals surface area contributed by atoms with Crippen LogP contribution in [0.3, 0.4) is 0 Å². The highest BCUT2D eigenvalue weighted by Crippen LogP contribution is 2.23. The van der Waals surface area contributed by atoms with Gasteiger partial charge in [0.15, 0.2) is 0 Å². The van der Waals surface area contributed by atoms with Gasteiger partial charge in [0.2, 0.25) is 0 Å². The lowest BCUT2D eigenvalue weighted by Crippen LogP contribution is -2.39. The lowest BCUT2D eigenvalue weighted by atomic mass is 9.90. The van der Waals surface area contributed by atoms with Gasteiger partial charge >= 0.3 is 0 Å². The van der Waals surface area contributed by atoms with Crippen LogP contribution in [-0.2, 0) is 4.74 Å². The molecule has 1 saturated carbocycles. The molecule has 0 saturated heterocycles. The van der Waals surface area contributed by atoms with Gasteiger partial charge in [0, 0.05) is 12.6 Å². The zero-order chi connectivity index (χ0) is 12.5. The maximum absolute atomic E-state index is 5.95. The third-order valence-electron chi connectivity index (χ3n) is 4.17. The van der Waals surface area contributed by atoms with Crippen molar-refractivity contribution in [2.45, 2.75) is 65.3 Å². The van der Waals surface area contributed by atoms with Gasteiger partial charge < -0.3 is 10.1 Å². The minimum absolute atomic E-state index is 0.536. The molecule has 1 fully saturated rings. The minimum atomic E-state index is 0.536. The Balaban J connectivity index is 2.16. The van der Waals surface area contributed by atoms with Crippen LogP contribution in [0.5, 0.6) is 0 Å². The first kappa shape index (κ1) is 15.0. The van der Waals surface area contributed by atoms with Gasteiger partial charge in [0.25, 0.3) is 0 Å². The Hall–Kier alpha value is -0.0800. The Morgan fingerprint density at radius 1 is 1.18 bits per heavy atom. The predicted octanol–water partition coefficient (Wildman–Crippen LogP) is 3.61. The summed E-state index contributed by atoms with van der Waals surface area (Å²) < 4.78 is 5.95. The number of nitrogens with one attached hydrogen (secondary N) is 1. The van der Waals surface area contributed by atoms with Gasteiger partial charge in [-0.05, 0) is 31.2 Å². The van der Waals surface area contributed by atoms with E-state index in [1.54, 1.807) is 0 Å². The van der Waals surface area contributed by atoms with Crippen molar-refractivity contribution in [1.29, 1.82) is 0 Å². The molecule has 0 bridgehead atoms. The normalized spacial score (nSPS) is 21.4. The molecular formula is C15H31NO. The van der Waals surface area contributed by atoms with E-state index in [-0.39, 0.29) is 0 Å². The lowest BCUT2D eigenvalue weighted by Gasteiger charge is -2.26. The van der Waals surface area contributed by atoms with Crippen LogP contribution >= 0.6 is 0 Å². The third kappa shape index (κ3) is 5.87. The first-order valence-corrected chi connectivity index (χ1v) is 7.59. The number of rotatable bonds is 8. The second-order valence-electron chi connectivity index (χ2n) is 5.59. The summed E-state index contributed by atoms with van der Waals surface area (Å²) in [5, 5.41) is 3.55. The topological polar surface area (TPSA) is 21.3 Å². The second-order valence-corrected chi connectivity index (χ2v) is 5.59. The molecule has 0 spiro atoms. The lowest BCUT2D eigenvalue weighted by molar-refractivity contribution is 0.0588. The molecule has 0 heterocycles. The molecular weight excluding hydrogens is 210 g/mol. The van der Waals surface area contributed by atoms with E-state index in [2.05, 4.69) is 26.1 Å². The van der Waals surface area contributed by atoms with Gasteiger partial charge in [-0.15, -0.1) is 0 Å². The highest BCUT2D eigenvalue weighted by Gasteiger charge is 2.17. The van der Waals surface area contributed by atoms with E-state index in [4.69, 9.17) is 4.74 Å². The van der Waals surface area contributed by atoms with Crippen molar-refractivity contribution in [2.75, 3.05) is 19.8 Å². The van der Waals surface area contributed by atoms with Crippen molar-refractivity contribution in [1.82, 2.24) is 5.32 Å². The summed E-state index contributed by atoms with van der Waals surface area (Å²) in [6.07, 6.45) is 8.25. The molecule has 0 aromatic rings.